The van der Waals surface area contributed by atoms with Crippen molar-refractivity contribution in [1.29, 1.82) is 0 Å². The maximum Gasteiger partial charge on any atom is 0.223 e. The molecule has 1 saturated heterocycles. The molecule has 3 rings (SSSR count). The number of rotatable bonds is 1. The highest BCUT2D eigenvalue weighted by Gasteiger charge is 2.30. The molecule has 1 fully saturated rings. The molecule has 1 atom stereocenters. The molecule has 0 spiro atoms. The number of anilines is 1. The van der Waals surface area contributed by atoms with Crippen LogP contribution in [-0.2, 0) is 11.2 Å². The van der Waals surface area contributed by atoms with E-state index < -0.39 is 0 Å². The van der Waals surface area contributed by atoms with E-state index in [1.165, 1.54) is 11.1 Å². The van der Waals surface area contributed by atoms with Gasteiger partial charge in [-0.25, -0.2) is 0 Å². The number of piperidine rings is 1. The molecule has 3 heteroatoms. The molecule has 0 radical (unpaired) electrons. The number of hydrogen-bond acceptors (Lipinski definition) is 2. The molecule has 96 valence electrons. The second-order valence-electron chi connectivity index (χ2n) is 5.41. The van der Waals surface area contributed by atoms with E-state index >= 15 is 0 Å². The average molecular weight is 244 g/mol. The lowest BCUT2D eigenvalue weighted by Gasteiger charge is -2.38. The van der Waals surface area contributed by atoms with Crippen molar-refractivity contribution in [2.75, 3.05) is 12.3 Å². The lowest BCUT2D eigenvalue weighted by molar-refractivity contribution is -0.136. The highest BCUT2D eigenvalue weighted by molar-refractivity contribution is 5.77. The quantitative estimate of drug-likeness (QED) is 0.772. The van der Waals surface area contributed by atoms with Gasteiger partial charge in [0.15, 0.2) is 0 Å². The largest absolute Gasteiger partial charge is 0.399 e. The number of aryl methyl sites for hydroxylation is 1. The van der Waals surface area contributed by atoms with E-state index in [0.29, 0.717) is 11.9 Å². The zero-order valence-corrected chi connectivity index (χ0v) is 10.7. The number of nitrogens with two attached hydrogens (primary N) is 1. The van der Waals surface area contributed by atoms with Crippen LogP contribution >= 0.6 is 0 Å². The Balaban J connectivity index is 1.93. The number of amides is 1. The summed E-state index contributed by atoms with van der Waals surface area (Å²) >= 11 is 0. The van der Waals surface area contributed by atoms with E-state index in [1.54, 1.807) is 0 Å². The van der Waals surface area contributed by atoms with Crippen LogP contribution in [0, 0.1) is 0 Å². The Bertz CT molecular complexity index is 470. The molecule has 0 saturated carbocycles. The monoisotopic (exact) mass is 244 g/mol. The van der Waals surface area contributed by atoms with Gasteiger partial charge in [-0.2, -0.15) is 0 Å². The summed E-state index contributed by atoms with van der Waals surface area (Å²) in [6, 6.07) is 6.46. The highest BCUT2D eigenvalue weighted by Crippen LogP contribution is 2.36. The Morgan fingerprint density at radius 3 is 2.89 bits per heavy atom. The molecular weight excluding hydrogens is 224 g/mol. The molecule has 3 nitrogen and oxygen atoms in total. The van der Waals surface area contributed by atoms with E-state index in [1.807, 2.05) is 6.07 Å². The number of benzene rings is 1. The van der Waals surface area contributed by atoms with E-state index in [-0.39, 0.29) is 0 Å². The number of likely N-dealkylation sites (tertiary alicyclic amines) is 1. The molecule has 1 unspecified atom stereocenters. The SMILES string of the molecule is Nc1ccc2c(c1)CCCC2N1CCCCC1=O. The molecule has 2 N–H and O–H groups in total. The third-order valence-corrected chi connectivity index (χ3v) is 4.19. The Hall–Kier alpha value is -1.51. The fraction of sp³-hybridized carbons (Fsp3) is 0.533. The second kappa shape index (κ2) is 4.63. The zero-order valence-electron chi connectivity index (χ0n) is 10.7. The normalized spacial score (nSPS) is 23.9. The molecule has 2 aliphatic rings. The van der Waals surface area contributed by atoms with Crippen LogP contribution in [0.15, 0.2) is 18.2 Å². The predicted molar refractivity (Wildman–Crippen MR) is 72.1 cm³/mol. The van der Waals surface area contributed by atoms with Crippen molar-refractivity contribution in [1.82, 2.24) is 4.90 Å². The lowest BCUT2D eigenvalue weighted by atomic mass is 9.85. The minimum atomic E-state index is 0.294. The van der Waals surface area contributed by atoms with Crippen LogP contribution in [0.3, 0.4) is 0 Å². The molecule has 0 bridgehead atoms. The molecule has 1 aromatic rings. The number of nitrogens with zero attached hydrogens (tertiary/aromatic N) is 1. The summed E-state index contributed by atoms with van der Waals surface area (Å²) in [7, 11) is 0. The van der Waals surface area contributed by atoms with Crippen LogP contribution in [0.5, 0.6) is 0 Å². The van der Waals surface area contributed by atoms with E-state index in [4.69, 9.17) is 5.73 Å². The van der Waals surface area contributed by atoms with Gasteiger partial charge >= 0.3 is 0 Å². The minimum Gasteiger partial charge on any atom is -0.399 e. The van der Waals surface area contributed by atoms with Crippen LogP contribution < -0.4 is 5.73 Å². The summed E-state index contributed by atoms with van der Waals surface area (Å²) in [6.45, 7) is 0.924. The van der Waals surface area contributed by atoms with E-state index in [0.717, 1.165) is 50.8 Å². The Morgan fingerprint density at radius 2 is 2.06 bits per heavy atom. The van der Waals surface area contributed by atoms with E-state index in [2.05, 4.69) is 17.0 Å². The zero-order chi connectivity index (χ0) is 12.5. The van der Waals surface area contributed by atoms with Crippen molar-refractivity contribution in [2.24, 2.45) is 0 Å². The summed E-state index contributed by atoms with van der Waals surface area (Å²) in [5.41, 5.74) is 9.35. The van der Waals surface area contributed by atoms with E-state index in [9.17, 15) is 4.79 Å². The first-order valence-electron chi connectivity index (χ1n) is 6.93. The third kappa shape index (κ3) is 1.98. The topological polar surface area (TPSA) is 46.3 Å². The maximum atomic E-state index is 12.1. The van der Waals surface area contributed by atoms with Gasteiger partial charge in [-0.05, 0) is 55.4 Å². The molecule has 1 aliphatic heterocycles. The van der Waals surface area contributed by atoms with Gasteiger partial charge in [0, 0.05) is 18.7 Å². The smallest absolute Gasteiger partial charge is 0.223 e. The van der Waals surface area contributed by atoms with Gasteiger partial charge < -0.3 is 10.6 Å². The summed E-state index contributed by atoms with van der Waals surface area (Å²) in [6.07, 6.45) is 6.27. The average Bonchev–Trinajstić information content (AvgIpc) is 2.38. The fourth-order valence-corrected chi connectivity index (χ4v) is 3.29. The Kier molecular flexibility index (Phi) is 2.98. The first-order chi connectivity index (χ1) is 8.75. The van der Waals surface area contributed by atoms with Crippen LogP contribution in [0.1, 0.15) is 49.3 Å². The molecule has 18 heavy (non-hydrogen) atoms. The second-order valence-corrected chi connectivity index (χ2v) is 5.41. The predicted octanol–water partition coefficient (Wildman–Crippen LogP) is 2.66. The maximum absolute atomic E-state index is 12.1. The number of carbonyl (C=O) groups excluding carboxylic acids is 1. The molecule has 1 aromatic carbocycles. The van der Waals surface area contributed by atoms with Gasteiger partial charge in [0.25, 0.3) is 0 Å². The van der Waals surface area contributed by atoms with Gasteiger partial charge in [0.05, 0.1) is 6.04 Å². The number of fused-ring (bicyclic) bond motifs is 1. The highest BCUT2D eigenvalue weighted by atomic mass is 16.2. The molecule has 0 aromatic heterocycles. The van der Waals surface area contributed by atoms with Crippen molar-refractivity contribution >= 4 is 11.6 Å². The van der Waals surface area contributed by atoms with Gasteiger partial charge in [-0.15, -0.1) is 0 Å². The summed E-state index contributed by atoms with van der Waals surface area (Å²) in [5.74, 6) is 0.330. The molecule has 1 aliphatic carbocycles. The summed E-state index contributed by atoms with van der Waals surface area (Å²) < 4.78 is 0. The Morgan fingerprint density at radius 1 is 1.17 bits per heavy atom. The summed E-state index contributed by atoms with van der Waals surface area (Å²) in [5, 5.41) is 0. The van der Waals surface area contributed by atoms with Crippen LogP contribution in [-0.4, -0.2) is 17.4 Å². The molecule has 1 amide bonds. The van der Waals surface area contributed by atoms with Crippen molar-refractivity contribution < 1.29 is 4.79 Å². The van der Waals surface area contributed by atoms with Crippen molar-refractivity contribution in [3.8, 4) is 0 Å². The number of carbonyl (C=O) groups is 1. The first-order valence-corrected chi connectivity index (χ1v) is 6.93. The van der Waals surface area contributed by atoms with Crippen molar-refractivity contribution in [3.63, 3.8) is 0 Å². The number of hydrogen-bond donors (Lipinski definition) is 1. The van der Waals surface area contributed by atoms with Gasteiger partial charge in [0.2, 0.25) is 5.91 Å². The van der Waals surface area contributed by atoms with Crippen molar-refractivity contribution in [3.05, 3.63) is 29.3 Å². The van der Waals surface area contributed by atoms with Gasteiger partial charge in [-0.1, -0.05) is 6.07 Å². The lowest BCUT2D eigenvalue weighted by Crippen LogP contribution is -2.39. The molecular formula is C15H20N2O. The van der Waals surface area contributed by atoms with Gasteiger partial charge in [0.1, 0.15) is 0 Å². The third-order valence-electron chi connectivity index (χ3n) is 4.19. The van der Waals surface area contributed by atoms with Crippen LogP contribution in [0.25, 0.3) is 0 Å². The number of nitrogen functional groups attached to an aromatic ring is 1. The van der Waals surface area contributed by atoms with Crippen molar-refractivity contribution in [2.45, 2.75) is 44.6 Å². The first kappa shape index (κ1) is 11.6. The standard InChI is InChI=1S/C15H20N2O/c16-12-7-8-13-11(10-12)4-3-5-14(13)17-9-2-1-6-15(17)18/h7-8,10,14H,1-6,9,16H2. The summed E-state index contributed by atoms with van der Waals surface area (Å²) in [4.78, 5) is 14.2. The molecule has 1 heterocycles. The van der Waals surface area contributed by atoms with Crippen LogP contribution in [0.4, 0.5) is 5.69 Å². The fourth-order valence-electron chi connectivity index (χ4n) is 3.29. The van der Waals surface area contributed by atoms with Gasteiger partial charge in [-0.3, -0.25) is 4.79 Å². The minimum absolute atomic E-state index is 0.294. The Labute approximate surface area is 108 Å². The van der Waals surface area contributed by atoms with Crippen LogP contribution in [0.2, 0.25) is 0 Å².